The highest BCUT2D eigenvalue weighted by molar-refractivity contribution is 5.81. The molecule has 4 aromatic rings. The minimum absolute atomic E-state index is 0.304. The van der Waals surface area contributed by atoms with Gasteiger partial charge in [-0.3, -0.25) is 0 Å². The van der Waals surface area contributed by atoms with Crippen molar-refractivity contribution in [2.24, 2.45) is 0 Å². The first-order chi connectivity index (χ1) is 13.7. The van der Waals surface area contributed by atoms with E-state index < -0.39 is 34.5 Å². The summed E-state index contributed by atoms with van der Waals surface area (Å²) >= 11 is 0. The van der Waals surface area contributed by atoms with E-state index in [2.05, 4.69) is 10.1 Å². The largest absolute Gasteiger partial charge is 0.425 e. The first-order valence-corrected chi connectivity index (χ1v) is 8.36. The van der Waals surface area contributed by atoms with Gasteiger partial charge in [-0.15, -0.1) is 0 Å². The van der Waals surface area contributed by atoms with E-state index in [1.807, 2.05) is 0 Å². The van der Waals surface area contributed by atoms with Crippen molar-refractivity contribution in [1.29, 1.82) is 0 Å². The molecule has 0 aliphatic heterocycles. The lowest BCUT2D eigenvalue weighted by molar-refractivity contribution is -0.248. The zero-order valence-electron chi connectivity index (χ0n) is 14.5. The summed E-state index contributed by atoms with van der Waals surface area (Å²) in [6.45, 7) is 0. The van der Waals surface area contributed by atoms with E-state index in [1.54, 1.807) is 24.4 Å². The third kappa shape index (κ3) is 3.03. The summed E-state index contributed by atoms with van der Waals surface area (Å²) in [7, 11) is 0. The molecule has 1 N–H and O–H groups in total. The van der Waals surface area contributed by atoms with Crippen molar-refractivity contribution in [3.8, 4) is 5.82 Å². The van der Waals surface area contributed by atoms with Crippen molar-refractivity contribution >= 4 is 10.9 Å². The number of halogens is 5. The number of pyridine rings is 1. The number of hydrogen-bond donors (Lipinski definition) is 1. The average molecular weight is 405 g/mol. The summed E-state index contributed by atoms with van der Waals surface area (Å²) in [5.74, 6) is -2.35. The Morgan fingerprint density at radius 2 is 1.59 bits per heavy atom. The molecule has 2 aromatic heterocycles. The molecule has 0 bridgehead atoms. The van der Waals surface area contributed by atoms with Crippen molar-refractivity contribution in [2.75, 3.05) is 0 Å². The Kier molecular flexibility index (Phi) is 4.34. The minimum atomic E-state index is -5.19. The maximum absolute atomic E-state index is 13.9. The second-order valence-corrected chi connectivity index (χ2v) is 6.35. The Morgan fingerprint density at radius 3 is 2.24 bits per heavy atom. The number of alkyl halides is 3. The van der Waals surface area contributed by atoms with Crippen molar-refractivity contribution < 1.29 is 27.1 Å². The van der Waals surface area contributed by atoms with E-state index >= 15 is 0 Å². The van der Waals surface area contributed by atoms with Gasteiger partial charge in [0.05, 0.1) is 11.7 Å². The van der Waals surface area contributed by atoms with Gasteiger partial charge in [0, 0.05) is 17.1 Å². The smallest absolute Gasteiger partial charge is 0.372 e. The quantitative estimate of drug-likeness (QED) is 0.511. The van der Waals surface area contributed by atoms with Crippen LogP contribution >= 0.6 is 0 Å². The fourth-order valence-electron chi connectivity index (χ4n) is 3.13. The molecule has 0 saturated carbocycles. The molecule has 0 spiro atoms. The fourth-order valence-corrected chi connectivity index (χ4v) is 3.13. The Morgan fingerprint density at radius 1 is 0.862 bits per heavy atom. The molecule has 0 fully saturated rings. The van der Waals surface area contributed by atoms with Gasteiger partial charge in [-0.2, -0.15) is 18.3 Å². The standard InChI is InChI=1S/C20H12F5N3O/c21-15-6-4-14(10-16(15)22)19(29,20(23,24)25)13-5-7-17-12(9-13)11-27-28(17)18-3-1-2-8-26-18/h1-11,29H. The van der Waals surface area contributed by atoms with Crippen LogP contribution in [0.3, 0.4) is 0 Å². The number of aromatic nitrogens is 3. The predicted molar refractivity (Wildman–Crippen MR) is 94.3 cm³/mol. The van der Waals surface area contributed by atoms with Crippen LogP contribution in [0.4, 0.5) is 22.0 Å². The highest BCUT2D eigenvalue weighted by Gasteiger charge is 2.56. The zero-order valence-corrected chi connectivity index (χ0v) is 14.5. The molecule has 4 rings (SSSR count). The van der Waals surface area contributed by atoms with Crippen molar-refractivity contribution in [2.45, 2.75) is 11.8 Å². The van der Waals surface area contributed by atoms with Crippen molar-refractivity contribution in [3.05, 3.63) is 89.8 Å². The summed E-state index contributed by atoms with van der Waals surface area (Å²) in [5, 5.41) is 15.1. The van der Waals surface area contributed by atoms with E-state index in [0.29, 0.717) is 34.9 Å². The molecule has 0 aliphatic rings. The van der Waals surface area contributed by atoms with Gasteiger partial charge in [0.25, 0.3) is 0 Å². The number of hydrogen-bond acceptors (Lipinski definition) is 3. The van der Waals surface area contributed by atoms with Crippen LogP contribution in [0.1, 0.15) is 11.1 Å². The van der Waals surface area contributed by atoms with E-state index in [0.717, 1.165) is 12.1 Å². The molecule has 0 radical (unpaired) electrons. The zero-order chi connectivity index (χ0) is 20.8. The van der Waals surface area contributed by atoms with E-state index in [4.69, 9.17) is 0 Å². The van der Waals surface area contributed by atoms with Gasteiger partial charge in [0.15, 0.2) is 17.5 Å². The molecular weight excluding hydrogens is 393 g/mol. The molecule has 0 saturated heterocycles. The fraction of sp³-hybridized carbons (Fsp3) is 0.100. The maximum Gasteiger partial charge on any atom is 0.425 e. The molecule has 1 atom stereocenters. The van der Waals surface area contributed by atoms with Gasteiger partial charge in [0.1, 0.15) is 0 Å². The van der Waals surface area contributed by atoms with Gasteiger partial charge in [-0.05, 0) is 42.0 Å². The second-order valence-electron chi connectivity index (χ2n) is 6.35. The molecule has 0 aliphatic carbocycles. The lowest BCUT2D eigenvalue weighted by atomic mass is 9.85. The maximum atomic E-state index is 13.9. The summed E-state index contributed by atoms with van der Waals surface area (Å²) in [6, 6.07) is 10.2. The van der Waals surface area contributed by atoms with E-state index in [-0.39, 0.29) is 0 Å². The van der Waals surface area contributed by atoms with E-state index in [9.17, 15) is 27.1 Å². The van der Waals surface area contributed by atoms with Gasteiger partial charge < -0.3 is 5.11 Å². The van der Waals surface area contributed by atoms with Crippen LogP contribution in [-0.2, 0) is 5.60 Å². The lowest BCUT2D eigenvalue weighted by Crippen LogP contribution is -2.43. The highest BCUT2D eigenvalue weighted by atomic mass is 19.4. The Hall–Kier alpha value is -3.33. The average Bonchev–Trinajstić information content (AvgIpc) is 3.12. The molecule has 2 aromatic carbocycles. The minimum Gasteiger partial charge on any atom is -0.372 e. The van der Waals surface area contributed by atoms with Crippen LogP contribution < -0.4 is 0 Å². The monoisotopic (exact) mass is 405 g/mol. The summed E-state index contributed by atoms with van der Waals surface area (Å²) < 4.78 is 69.9. The Bertz CT molecular complexity index is 1190. The third-order valence-corrected chi connectivity index (χ3v) is 4.60. The molecule has 29 heavy (non-hydrogen) atoms. The van der Waals surface area contributed by atoms with E-state index in [1.165, 1.54) is 16.9 Å². The normalized spacial score (nSPS) is 14.1. The number of aliphatic hydroxyl groups is 1. The van der Waals surface area contributed by atoms with Gasteiger partial charge in [-0.25, -0.2) is 18.4 Å². The first kappa shape index (κ1) is 19.0. The summed E-state index contributed by atoms with van der Waals surface area (Å²) in [4.78, 5) is 4.14. The summed E-state index contributed by atoms with van der Waals surface area (Å²) in [5.41, 5.74) is -4.46. The van der Waals surface area contributed by atoms with Crippen LogP contribution in [0, 0.1) is 11.6 Å². The molecule has 9 heteroatoms. The predicted octanol–water partition coefficient (Wildman–Crippen LogP) is 4.50. The van der Waals surface area contributed by atoms with Crippen molar-refractivity contribution in [3.63, 3.8) is 0 Å². The van der Waals surface area contributed by atoms with Gasteiger partial charge >= 0.3 is 6.18 Å². The van der Waals surface area contributed by atoms with Gasteiger partial charge in [0.2, 0.25) is 5.60 Å². The topological polar surface area (TPSA) is 50.9 Å². The van der Waals surface area contributed by atoms with Crippen molar-refractivity contribution in [1.82, 2.24) is 14.8 Å². The third-order valence-electron chi connectivity index (χ3n) is 4.60. The molecule has 0 amide bonds. The number of benzene rings is 2. The van der Waals surface area contributed by atoms with Crippen LogP contribution in [0.15, 0.2) is 67.0 Å². The van der Waals surface area contributed by atoms with Crippen LogP contribution in [0.2, 0.25) is 0 Å². The molecule has 4 nitrogen and oxygen atoms in total. The van der Waals surface area contributed by atoms with Crippen LogP contribution in [0.5, 0.6) is 0 Å². The Balaban J connectivity index is 1.89. The summed E-state index contributed by atoms with van der Waals surface area (Å²) in [6.07, 6.45) is -2.32. The number of nitrogens with zero attached hydrogens (tertiary/aromatic N) is 3. The highest BCUT2D eigenvalue weighted by Crippen LogP contribution is 2.45. The second kappa shape index (κ2) is 6.63. The first-order valence-electron chi connectivity index (χ1n) is 8.36. The Labute approximate surface area is 160 Å². The molecule has 1 unspecified atom stereocenters. The number of rotatable bonds is 3. The SMILES string of the molecule is OC(c1ccc(F)c(F)c1)(c1ccc2c(cnn2-c2ccccn2)c1)C(F)(F)F. The molecular formula is C20H12F5N3O. The van der Waals surface area contributed by atoms with Gasteiger partial charge in [-0.1, -0.05) is 18.2 Å². The molecule has 148 valence electrons. The number of fused-ring (bicyclic) bond motifs is 1. The molecule has 2 heterocycles. The van der Waals surface area contributed by atoms with Crippen LogP contribution in [-0.4, -0.2) is 26.0 Å². The lowest BCUT2D eigenvalue weighted by Gasteiger charge is -2.31. The van der Waals surface area contributed by atoms with Crippen LogP contribution in [0.25, 0.3) is 16.7 Å².